The predicted molar refractivity (Wildman–Crippen MR) is 77.1 cm³/mol. The smallest absolute Gasteiger partial charge is 0.0710 e. The van der Waals surface area contributed by atoms with Gasteiger partial charge in [0, 0.05) is 66.1 Å². The number of nitrogens with zero attached hydrogens (tertiary/aromatic N) is 1. The average Bonchev–Trinajstić information content (AvgIpc) is 2.91. The molecule has 1 saturated heterocycles. The Morgan fingerprint density at radius 1 is 1.16 bits per heavy atom. The first kappa shape index (κ1) is 24.9. The fraction of sp³-hybridized carbons (Fsp3) is 1.00. The van der Waals surface area contributed by atoms with Crippen molar-refractivity contribution in [3.05, 3.63) is 0 Å². The zero-order valence-electron chi connectivity index (χ0n) is 13.5. The van der Waals surface area contributed by atoms with Crippen LogP contribution in [0, 0.1) is 0 Å². The van der Waals surface area contributed by atoms with Gasteiger partial charge in [-0.25, -0.2) is 0 Å². The standard InChI is InChI=1S/C10H21NO3.2C2H6.Y/c1-13-10-3-5-11(9-10)4-2-7-14-8-6-12;2*1-2;/h10,12H,2-9H2,1H3;2*1-2H3;. The summed E-state index contributed by atoms with van der Waals surface area (Å²) in [6, 6.07) is 0. The summed E-state index contributed by atoms with van der Waals surface area (Å²) in [7, 11) is 1.78. The molecule has 0 aromatic heterocycles. The number of likely N-dealkylation sites (tertiary alicyclic amines) is 1. The monoisotopic (exact) mass is 352 g/mol. The van der Waals surface area contributed by atoms with Crippen LogP contribution in [-0.4, -0.2) is 62.7 Å². The molecule has 0 aromatic carbocycles. The largest absolute Gasteiger partial charge is 0.394 e. The predicted octanol–water partition coefficient (Wildman–Crippen LogP) is 2.16. The number of hydrogen-bond acceptors (Lipinski definition) is 4. The van der Waals surface area contributed by atoms with Crippen LogP contribution in [0.3, 0.4) is 0 Å². The molecule has 0 aromatic rings. The van der Waals surface area contributed by atoms with E-state index in [2.05, 4.69) is 4.90 Å². The minimum Gasteiger partial charge on any atom is -0.394 e. The average molecular weight is 352 g/mol. The number of rotatable bonds is 7. The Balaban J connectivity index is -0.000000467. The van der Waals surface area contributed by atoms with E-state index < -0.39 is 0 Å². The van der Waals surface area contributed by atoms with Crippen LogP contribution in [-0.2, 0) is 42.2 Å². The zero-order valence-corrected chi connectivity index (χ0v) is 16.4. The van der Waals surface area contributed by atoms with Crippen LogP contribution in [0.5, 0.6) is 0 Å². The Bertz CT molecular complexity index is 151. The van der Waals surface area contributed by atoms with E-state index in [1.807, 2.05) is 27.7 Å². The van der Waals surface area contributed by atoms with Crippen molar-refractivity contribution >= 4 is 0 Å². The van der Waals surface area contributed by atoms with Gasteiger partial charge in [-0.2, -0.15) is 0 Å². The second kappa shape index (κ2) is 21.2. The first-order valence-corrected chi connectivity index (χ1v) is 7.30. The van der Waals surface area contributed by atoms with Crippen LogP contribution in [0.1, 0.15) is 40.5 Å². The molecule has 1 aliphatic heterocycles. The molecule has 5 heteroatoms. The second-order valence-electron chi connectivity index (χ2n) is 3.64. The molecule has 1 unspecified atom stereocenters. The SMILES string of the molecule is CC.CC.COC1CCN(CCCOCCO)C1.[Y]. The fourth-order valence-corrected chi connectivity index (χ4v) is 1.75. The fourth-order valence-electron chi connectivity index (χ4n) is 1.75. The summed E-state index contributed by atoms with van der Waals surface area (Å²) < 4.78 is 10.5. The topological polar surface area (TPSA) is 41.9 Å². The van der Waals surface area contributed by atoms with Gasteiger partial charge in [0.2, 0.25) is 0 Å². The summed E-state index contributed by atoms with van der Waals surface area (Å²) in [5.41, 5.74) is 0. The molecule has 19 heavy (non-hydrogen) atoms. The van der Waals surface area contributed by atoms with Gasteiger partial charge in [-0.15, -0.1) is 0 Å². The van der Waals surface area contributed by atoms with E-state index in [9.17, 15) is 0 Å². The van der Waals surface area contributed by atoms with Crippen LogP contribution in [0.2, 0.25) is 0 Å². The summed E-state index contributed by atoms with van der Waals surface area (Å²) >= 11 is 0. The summed E-state index contributed by atoms with van der Waals surface area (Å²) in [5.74, 6) is 0. The van der Waals surface area contributed by atoms with E-state index in [0.29, 0.717) is 12.7 Å². The van der Waals surface area contributed by atoms with E-state index in [1.54, 1.807) is 7.11 Å². The van der Waals surface area contributed by atoms with Crippen LogP contribution in [0.25, 0.3) is 0 Å². The van der Waals surface area contributed by atoms with E-state index in [1.165, 1.54) is 0 Å². The third-order valence-corrected chi connectivity index (χ3v) is 2.56. The van der Waals surface area contributed by atoms with Gasteiger partial charge in [0.05, 0.1) is 19.3 Å². The van der Waals surface area contributed by atoms with Gasteiger partial charge in [-0.1, -0.05) is 27.7 Å². The molecule has 115 valence electrons. The van der Waals surface area contributed by atoms with E-state index >= 15 is 0 Å². The number of ether oxygens (including phenoxy) is 2. The Morgan fingerprint density at radius 2 is 1.79 bits per heavy atom. The van der Waals surface area contributed by atoms with Gasteiger partial charge >= 0.3 is 0 Å². The molecule has 0 bridgehead atoms. The Labute approximate surface area is 145 Å². The Hall–Kier alpha value is 0.944. The molecule has 1 atom stereocenters. The van der Waals surface area contributed by atoms with Gasteiger partial charge in [-0.3, -0.25) is 0 Å². The summed E-state index contributed by atoms with van der Waals surface area (Å²) in [6.07, 6.45) is 2.61. The summed E-state index contributed by atoms with van der Waals surface area (Å²) in [4.78, 5) is 2.40. The maximum atomic E-state index is 8.49. The molecule has 0 saturated carbocycles. The van der Waals surface area contributed by atoms with Crippen molar-refractivity contribution in [3.8, 4) is 0 Å². The molecule has 0 amide bonds. The van der Waals surface area contributed by atoms with Gasteiger partial charge in [0.15, 0.2) is 0 Å². The third kappa shape index (κ3) is 15.2. The van der Waals surface area contributed by atoms with Gasteiger partial charge in [-0.05, 0) is 12.8 Å². The Kier molecular flexibility index (Phi) is 27.9. The van der Waals surface area contributed by atoms with Crippen LogP contribution < -0.4 is 0 Å². The maximum absolute atomic E-state index is 8.49. The maximum Gasteiger partial charge on any atom is 0.0710 e. The summed E-state index contributed by atoms with van der Waals surface area (Å²) in [6.45, 7) is 12.6. The first-order valence-electron chi connectivity index (χ1n) is 7.30. The molecule has 1 rings (SSSR count). The number of hydrogen-bond donors (Lipinski definition) is 1. The third-order valence-electron chi connectivity index (χ3n) is 2.56. The molecule has 1 heterocycles. The minimum atomic E-state index is 0. The molecule has 1 N–H and O–H groups in total. The van der Waals surface area contributed by atoms with Crippen molar-refractivity contribution < 1.29 is 47.3 Å². The normalized spacial score (nSPS) is 17.7. The van der Waals surface area contributed by atoms with Gasteiger partial charge in [0.1, 0.15) is 0 Å². The minimum absolute atomic E-state index is 0. The van der Waals surface area contributed by atoms with E-state index in [-0.39, 0.29) is 39.3 Å². The van der Waals surface area contributed by atoms with Crippen molar-refractivity contribution in [2.45, 2.75) is 46.6 Å². The molecule has 1 aliphatic rings. The number of aliphatic hydroxyl groups is 1. The van der Waals surface area contributed by atoms with Crippen LogP contribution >= 0.6 is 0 Å². The van der Waals surface area contributed by atoms with Crippen molar-refractivity contribution in [2.75, 3.05) is 46.6 Å². The quantitative estimate of drug-likeness (QED) is 0.713. The van der Waals surface area contributed by atoms with Crippen molar-refractivity contribution in [3.63, 3.8) is 0 Å². The van der Waals surface area contributed by atoms with Gasteiger partial charge < -0.3 is 19.5 Å². The molecule has 1 radical (unpaired) electrons. The number of aliphatic hydroxyl groups excluding tert-OH is 1. The number of methoxy groups -OCH3 is 1. The second-order valence-corrected chi connectivity index (χ2v) is 3.64. The van der Waals surface area contributed by atoms with E-state index in [0.717, 1.165) is 39.1 Å². The molecule has 0 spiro atoms. The van der Waals surface area contributed by atoms with Crippen LogP contribution in [0.15, 0.2) is 0 Å². The van der Waals surface area contributed by atoms with Crippen molar-refractivity contribution in [2.24, 2.45) is 0 Å². The van der Waals surface area contributed by atoms with Gasteiger partial charge in [0.25, 0.3) is 0 Å². The van der Waals surface area contributed by atoms with Crippen LogP contribution in [0.4, 0.5) is 0 Å². The van der Waals surface area contributed by atoms with E-state index in [4.69, 9.17) is 14.6 Å². The first-order chi connectivity index (χ1) is 8.86. The zero-order chi connectivity index (χ0) is 14.2. The molecule has 4 nitrogen and oxygen atoms in total. The van der Waals surface area contributed by atoms with Crippen molar-refractivity contribution in [1.29, 1.82) is 0 Å². The molecular formula is C14H33NO3Y. The van der Waals surface area contributed by atoms with Crippen molar-refractivity contribution in [1.82, 2.24) is 4.90 Å². The summed E-state index contributed by atoms with van der Waals surface area (Å²) in [5, 5.41) is 8.49. The Morgan fingerprint density at radius 3 is 2.26 bits per heavy atom. The molecule has 1 fully saturated rings. The molecular weight excluding hydrogens is 319 g/mol. The molecule has 0 aliphatic carbocycles.